The fourth-order valence-electron chi connectivity index (χ4n) is 3.50. The molecule has 0 aliphatic rings. The highest BCUT2D eigenvalue weighted by Crippen LogP contribution is 2.21. The molecule has 0 bridgehead atoms. The number of esters is 1. The molecule has 3 aromatic rings. The highest BCUT2D eigenvalue weighted by molar-refractivity contribution is 6.08. The smallest absolute Gasteiger partial charge is 0.340 e. The van der Waals surface area contributed by atoms with Crippen LogP contribution in [0, 0.1) is 25.2 Å². The molecule has 0 atom stereocenters. The topological polar surface area (TPSA) is 99.5 Å². The van der Waals surface area contributed by atoms with Gasteiger partial charge in [-0.05, 0) is 61.4 Å². The van der Waals surface area contributed by atoms with E-state index in [0.717, 1.165) is 11.1 Å². The van der Waals surface area contributed by atoms with Crippen molar-refractivity contribution >= 4 is 29.2 Å². The van der Waals surface area contributed by atoms with Crippen molar-refractivity contribution in [2.75, 3.05) is 23.4 Å². The minimum absolute atomic E-state index is 0.134. The van der Waals surface area contributed by atoms with Gasteiger partial charge in [-0.3, -0.25) is 9.59 Å². The van der Waals surface area contributed by atoms with Gasteiger partial charge in [-0.15, -0.1) is 0 Å². The monoisotopic (exact) mass is 455 g/mol. The molecular formula is C27H25N3O4. The molecule has 7 nitrogen and oxygen atoms in total. The fourth-order valence-corrected chi connectivity index (χ4v) is 3.50. The van der Waals surface area contributed by atoms with Crippen molar-refractivity contribution in [1.82, 2.24) is 0 Å². The van der Waals surface area contributed by atoms with E-state index in [1.54, 1.807) is 48.5 Å². The number of ether oxygens (including phenoxy) is 1. The second-order valence-electron chi connectivity index (χ2n) is 7.74. The summed E-state index contributed by atoms with van der Waals surface area (Å²) in [5.74, 6) is -1.55. The lowest BCUT2D eigenvalue weighted by atomic mass is 10.1. The van der Waals surface area contributed by atoms with E-state index < -0.39 is 18.5 Å². The van der Waals surface area contributed by atoms with Crippen LogP contribution in [0.25, 0.3) is 0 Å². The van der Waals surface area contributed by atoms with Crippen molar-refractivity contribution in [2.24, 2.45) is 0 Å². The number of nitriles is 1. The first kappa shape index (κ1) is 24.2. The number of nitrogens with zero attached hydrogens (tertiary/aromatic N) is 2. The molecular weight excluding hydrogens is 430 g/mol. The summed E-state index contributed by atoms with van der Waals surface area (Å²) in [5.41, 5.74) is 3.46. The number of amides is 2. The zero-order valence-electron chi connectivity index (χ0n) is 19.1. The molecule has 0 aliphatic heterocycles. The number of hydrogen-bond donors (Lipinski definition) is 1. The summed E-state index contributed by atoms with van der Waals surface area (Å²) in [6.45, 7) is 3.52. The lowest BCUT2D eigenvalue weighted by molar-refractivity contribution is -0.121. The number of anilines is 2. The highest BCUT2D eigenvalue weighted by atomic mass is 16.5. The Hall–Kier alpha value is -4.44. The van der Waals surface area contributed by atoms with Crippen LogP contribution in [-0.4, -0.2) is 30.9 Å². The number of benzene rings is 3. The average Bonchev–Trinajstić information content (AvgIpc) is 2.83. The van der Waals surface area contributed by atoms with Crippen molar-refractivity contribution in [2.45, 2.75) is 20.3 Å². The molecule has 7 heteroatoms. The molecule has 0 aliphatic carbocycles. The lowest BCUT2D eigenvalue weighted by Crippen LogP contribution is -2.35. The number of carbonyl (C=O) groups is 3. The van der Waals surface area contributed by atoms with Crippen LogP contribution in [0.5, 0.6) is 0 Å². The summed E-state index contributed by atoms with van der Waals surface area (Å²) in [7, 11) is 0. The Labute approximate surface area is 198 Å². The van der Waals surface area contributed by atoms with E-state index in [2.05, 4.69) is 5.32 Å². The lowest BCUT2D eigenvalue weighted by Gasteiger charge is -2.23. The van der Waals surface area contributed by atoms with E-state index >= 15 is 0 Å². The molecule has 172 valence electrons. The first-order chi connectivity index (χ1) is 16.4. The predicted octanol–water partition coefficient (Wildman–Crippen LogP) is 4.66. The Kier molecular flexibility index (Phi) is 8.14. The van der Waals surface area contributed by atoms with Crippen LogP contribution in [0.1, 0.15) is 38.3 Å². The van der Waals surface area contributed by atoms with Gasteiger partial charge < -0.3 is 15.0 Å². The van der Waals surface area contributed by atoms with Gasteiger partial charge in [0.15, 0.2) is 6.61 Å². The number of hydrogen-bond acceptors (Lipinski definition) is 5. The molecule has 0 saturated carbocycles. The van der Waals surface area contributed by atoms with E-state index in [9.17, 15) is 14.4 Å². The molecule has 0 spiro atoms. The molecule has 2 amide bonds. The van der Waals surface area contributed by atoms with Gasteiger partial charge in [0.05, 0.1) is 23.7 Å². The van der Waals surface area contributed by atoms with Crippen molar-refractivity contribution in [1.29, 1.82) is 5.26 Å². The van der Waals surface area contributed by atoms with Gasteiger partial charge in [0.1, 0.15) is 0 Å². The average molecular weight is 456 g/mol. The standard InChI is InChI=1S/C27H25N3O4/c1-19-15-20(2)17-22(16-19)30(14-8-13-28)25(31)18-34-27(33)23-11-6-7-12-24(23)29-26(32)21-9-4-3-5-10-21/h3-7,9-12,15-17H,8,14,18H2,1-2H3,(H,29,32). The molecule has 0 heterocycles. The van der Waals surface area contributed by atoms with Gasteiger partial charge in [0.2, 0.25) is 0 Å². The van der Waals surface area contributed by atoms with Crippen LogP contribution in [0.2, 0.25) is 0 Å². The maximum absolute atomic E-state index is 12.9. The minimum Gasteiger partial charge on any atom is -0.452 e. The number of carbonyl (C=O) groups excluding carboxylic acids is 3. The number of para-hydroxylation sites is 1. The maximum atomic E-state index is 12.9. The third-order valence-corrected chi connectivity index (χ3v) is 5.02. The van der Waals surface area contributed by atoms with E-state index in [1.807, 2.05) is 38.1 Å². The molecule has 0 aromatic heterocycles. The Morgan fingerprint density at radius 1 is 0.941 bits per heavy atom. The Morgan fingerprint density at radius 2 is 1.59 bits per heavy atom. The maximum Gasteiger partial charge on any atom is 0.340 e. The van der Waals surface area contributed by atoms with Crippen molar-refractivity contribution < 1.29 is 19.1 Å². The van der Waals surface area contributed by atoms with Gasteiger partial charge in [0, 0.05) is 17.8 Å². The van der Waals surface area contributed by atoms with Gasteiger partial charge >= 0.3 is 5.97 Å². The molecule has 0 fully saturated rings. The third-order valence-electron chi connectivity index (χ3n) is 5.02. The predicted molar refractivity (Wildman–Crippen MR) is 130 cm³/mol. The summed E-state index contributed by atoms with van der Waals surface area (Å²) < 4.78 is 5.30. The Morgan fingerprint density at radius 3 is 2.26 bits per heavy atom. The molecule has 0 saturated heterocycles. The first-order valence-corrected chi connectivity index (χ1v) is 10.8. The van der Waals surface area contributed by atoms with Crippen LogP contribution in [0.15, 0.2) is 72.8 Å². The molecule has 1 N–H and O–H groups in total. The Bertz CT molecular complexity index is 1210. The molecule has 0 unspecified atom stereocenters. The Balaban J connectivity index is 1.72. The number of aryl methyl sites for hydroxylation is 2. The minimum atomic E-state index is -0.738. The SMILES string of the molecule is Cc1cc(C)cc(N(CCC#N)C(=O)COC(=O)c2ccccc2NC(=O)c2ccccc2)c1. The quantitative estimate of drug-likeness (QED) is 0.498. The van der Waals surface area contributed by atoms with Crippen molar-refractivity contribution in [3.05, 3.63) is 95.1 Å². The van der Waals surface area contributed by atoms with Gasteiger partial charge in [-0.1, -0.05) is 36.4 Å². The van der Waals surface area contributed by atoms with Gasteiger partial charge in [-0.2, -0.15) is 5.26 Å². The van der Waals surface area contributed by atoms with Crippen LogP contribution in [-0.2, 0) is 9.53 Å². The summed E-state index contributed by atoms with van der Waals surface area (Å²) in [6.07, 6.45) is 0.140. The number of rotatable bonds is 8. The second-order valence-corrected chi connectivity index (χ2v) is 7.74. The van der Waals surface area contributed by atoms with E-state index in [-0.39, 0.29) is 30.1 Å². The number of nitrogens with one attached hydrogen (secondary N) is 1. The van der Waals surface area contributed by atoms with E-state index in [4.69, 9.17) is 10.00 Å². The van der Waals surface area contributed by atoms with Crippen molar-refractivity contribution in [3.63, 3.8) is 0 Å². The summed E-state index contributed by atoms with van der Waals surface area (Å²) >= 11 is 0. The zero-order chi connectivity index (χ0) is 24.5. The van der Waals surface area contributed by atoms with Crippen LogP contribution < -0.4 is 10.2 Å². The largest absolute Gasteiger partial charge is 0.452 e. The van der Waals surface area contributed by atoms with Crippen LogP contribution in [0.4, 0.5) is 11.4 Å². The van der Waals surface area contributed by atoms with Crippen LogP contribution >= 0.6 is 0 Å². The van der Waals surface area contributed by atoms with Crippen LogP contribution in [0.3, 0.4) is 0 Å². The van der Waals surface area contributed by atoms with Gasteiger partial charge in [0.25, 0.3) is 11.8 Å². The summed E-state index contributed by atoms with van der Waals surface area (Å²) in [4.78, 5) is 39.6. The molecule has 3 rings (SSSR count). The molecule has 34 heavy (non-hydrogen) atoms. The first-order valence-electron chi connectivity index (χ1n) is 10.8. The third kappa shape index (κ3) is 6.30. The van der Waals surface area contributed by atoms with E-state index in [0.29, 0.717) is 11.3 Å². The highest BCUT2D eigenvalue weighted by Gasteiger charge is 2.20. The fraction of sp³-hybridized carbons (Fsp3) is 0.185. The molecule has 0 radical (unpaired) electrons. The van der Waals surface area contributed by atoms with Gasteiger partial charge in [-0.25, -0.2) is 4.79 Å². The normalized spacial score (nSPS) is 10.1. The van der Waals surface area contributed by atoms with Crippen molar-refractivity contribution in [3.8, 4) is 6.07 Å². The summed E-state index contributed by atoms with van der Waals surface area (Å²) in [6, 6.07) is 22.8. The second kappa shape index (κ2) is 11.4. The summed E-state index contributed by atoms with van der Waals surface area (Å²) in [5, 5.41) is 11.7. The molecule has 3 aromatic carbocycles. The van der Waals surface area contributed by atoms with E-state index in [1.165, 1.54) is 11.0 Å². The zero-order valence-corrected chi connectivity index (χ0v) is 19.1.